The van der Waals surface area contributed by atoms with Gasteiger partial charge in [0, 0.05) is 12.5 Å². The first kappa shape index (κ1) is 17.4. The van der Waals surface area contributed by atoms with E-state index in [-0.39, 0.29) is 41.6 Å². The van der Waals surface area contributed by atoms with Crippen LogP contribution >= 0.6 is 0 Å². The fourth-order valence-corrected chi connectivity index (χ4v) is 4.03. The number of nitrogens with one attached hydrogen (secondary N) is 1. The molecule has 6 nitrogen and oxygen atoms in total. The lowest BCUT2D eigenvalue weighted by Crippen LogP contribution is -2.38. The van der Waals surface area contributed by atoms with Crippen molar-refractivity contribution in [2.45, 2.75) is 25.8 Å². The van der Waals surface area contributed by atoms with Gasteiger partial charge in [0.05, 0.1) is 17.1 Å². The largest absolute Gasteiger partial charge is 0.483 e. The van der Waals surface area contributed by atoms with Crippen molar-refractivity contribution in [3.63, 3.8) is 0 Å². The van der Waals surface area contributed by atoms with Crippen LogP contribution in [0.15, 0.2) is 18.2 Å². The summed E-state index contributed by atoms with van der Waals surface area (Å²) in [6.45, 7) is 1.27. The molecule has 1 fully saturated rings. The molecule has 0 radical (unpaired) electrons. The molecular weight excluding hydrogens is 325 g/mol. The van der Waals surface area contributed by atoms with Crippen LogP contribution in [0.5, 0.6) is 5.75 Å². The quantitative estimate of drug-likeness (QED) is 0.781. The minimum Gasteiger partial charge on any atom is -0.483 e. The third kappa shape index (κ3) is 4.75. The van der Waals surface area contributed by atoms with Crippen molar-refractivity contribution in [1.29, 1.82) is 0 Å². The zero-order chi connectivity index (χ0) is 17.0. The normalized spacial score (nSPS) is 19.3. The third-order valence-corrected chi connectivity index (χ3v) is 5.29. The molecule has 0 bridgehead atoms. The molecule has 1 aliphatic heterocycles. The highest BCUT2D eigenvalue weighted by Crippen LogP contribution is 2.21. The van der Waals surface area contributed by atoms with Gasteiger partial charge < -0.3 is 10.1 Å². The van der Waals surface area contributed by atoms with Gasteiger partial charge in [-0.2, -0.15) is 0 Å². The number of amides is 1. The number of benzene rings is 1. The molecule has 0 aliphatic carbocycles. The van der Waals surface area contributed by atoms with E-state index in [9.17, 15) is 22.4 Å². The number of rotatable bonds is 6. The summed E-state index contributed by atoms with van der Waals surface area (Å²) in [5.41, 5.74) is 0.0868. The topological polar surface area (TPSA) is 89.5 Å². The van der Waals surface area contributed by atoms with Crippen molar-refractivity contribution < 1.29 is 27.1 Å². The second-order valence-corrected chi connectivity index (χ2v) is 7.60. The van der Waals surface area contributed by atoms with Gasteiger partial charge in [0.2, 0.25) is 0 Å². The van der Waals surface area contributed by atoms with E-state index in [0.29, 0.717) is 6.42 Å². The van der Waals surface area contributed by atoms with Gasteiger partial charge in [-0.3, -0.25) is 9.59 Å². The first-order chi connectivity index (χ1) is 10.8. The van der Waals surface area contributed by atoms with E-state index in [1.54, 1.807) is 6.92 Å². The van der Waals surface area contributed by atoms with Crippen LogP contribution in [0.3, 0.4) is 0 Å². The summed E-state index contributed by atoms with van der Waals surface area (Å²) in [4.78, 5) is 23.6. The molecule has 1 saturated heterocycles. The van der Waals surface area contributed by atoms with Crippen molar-refractivity contribution >= 4 is 21.5 Å². The summed E-state index contributed by atoms with van der Waals surface area (Å²) in [7, 11) is -3.08. The molecule has 1 aliphatic rings. The zero-order valence-corrected chi connectivity index (χ0v) is 13.5. The Balaban J connectivity index is 1.95. The monoisotopic (exact) mass is 343 g/mol. The highest BCUT2D eigenvalue weighted by Gasteiger charge is 2.29. The SMILES string of the molecule is CCC(=O)c1cc(F)ccc1OCC(=O)N[C@@H]1CCS(=O)(=O)C1. The minimum absolute atomic E-state index is 0.0614. The van der Waals surface area contributed by atoms with Crippen LogP contribution in [-0.2, 0) is 14.6 Å². The fraction of sp³-hybridized carbons (Fsp3) is 0.467. The number of Topliss-reactive ketones (excluding diaryl/α,β-unsaturated/α-hetero) is 1. The third-order valence-electron chi connectivity index (χ3n) is 3.52. The van der Waals surface area contributed by atoms with E-state index in [1.807, 2.05) is 0 Å². The highest BCUT2D eigenvalue weighted by atomic mass is 32.2. The maximum atomic E-state index is 13.2. The van der Waals surface area contributed by atoms with Gasteiger partial charge in [-0.25, -0.2) is 12.8 Å². The van der Waals surface area contributed by atoms with Gasteiger partial charge in [-0.05, 0) is 24.6 Å². The fourth-order valence-electron chi connectivity index (χ4n) is 2.36. The lowest BCUT2D eigenvalue weighted by atomic mass is 10.1. The Hall–Kier alpha value is -1.96. The van der Waals surface area contributed by atoms with E-state index in [1.165, 1.54) is 6.07 Å². The Morgan fingerprint density at radius 1 is 1.39 bits per heavy atom. The van der Waals surface area contributed by atoms with Crippen LogP contribution in [0.1, 0.15) is 30.1 Å². The lowest BCUT2D eigenvalue weighted by Gasteiger charge is -2.13. The van der Waals surface area contributed by atoms with Crippen molar-refractivity contribution in [3.05, 3.63) is 29.6 Å². The molecule has 2 rings (SSSR count). The van der Waals surface area contributed by atoms with E-state index in [4.69, 9.17) is 4.74 Å². The number of carbonyl (C=O) groups is 2. The lowest BCUT2D eigenvalue weighted by molar-refractivity contribution is -0.123. The Bertz CT molecular complexity index is 717. The summed E-state index contributed by atoms with van der Waals surface area (Å²) in [5, 5.41) is 2.58. The standard InChI is InChI=1S/C15H18FNO5S/c1-2-13(18)12-7-10(16)3-4-14(12)22-8-15(19)17-11-5-6-23(20,21)9-11/h3-4,7,11H,2,5-6,8-9H2,1H3,(H,17,19)/t11-/m1/s1. The first-order valence-electron chi connectivity index (χ1n) is 7.26. The maximum absolute atomic E-state index is 13.2. The van der Waals surface area contributed by atoms with Crippen molar-refractivity contribution in [2.24, 2.45) is 0 Å². The number of carbonyl (C=O) groups excluding carboxylic acids is 2. The van der Waals surface area contributed by atoms with Crippen molar-refractivity contribution in [1.82, 2.24) is 5.32 Å². The first-order valence-corrected chi connectivity index (χ1v) is 9.08. The van der Waals surface area contributed by atoms with Crippen molar-refractivity contribution in [2.75, 3.05) is 18.1 Å². The van der Waals surface area contributed by atoms with Gasteiger partial charge in [0.25, 0.3) is 5.91 Å². The van der Waals surface area contributed by atoms with Crippen LogP contribution in [-0.4, -0.2) is 44.3 Å². The van der Waals surface area contributed by atoms with Gasteiger partial charge >= 0.3 is 0 Å². The van der Waals surface area contributed by atoms with Crippen molar-refractivity contribution in [3.8, 4) is 5.75 Å². The smallest absolute Gasteiger partial charge is 0.258 e. The molecule has 0 spiro atoms. The van der Waals surface area contributed by atoms with Crippen LogP contribution in [0.2, 0.25) is 0 Å². The molecule has 0 saturated carbocycles. The molecule has 0 aromatic heterocycles. The van der Waals surface area contributed by atoms with Crippen LogP contribution in [0.4, 0.5) is 4.39 Å². The molecule has 1 aromatic rings. The number of hydrogen-bond donors (Lipinski definition) is 1. The van der Waals surface area contributed by atoms with Crippen LogP contribution in [0, 0.1) is 5.82 Å². The van der Waals surface area contributed by atoms with E-state index < -0.39 is 27.6 Å². The molecule has 0 unspecified atom stereocenters. The summed E-state index contributed by atoms with van der Waals surface area (Å²) < 4.78 is 41.2. The molecule has 23 heavy (non-hydrogen) atoms. The minimum atomic E-state index is -3.08. The van der Waals surface area contributed by atoms with E-state index >= 15 is 0 Å². The summed E-state index contributed by atoms with van der Waals surface area (Å²) in [6.07, 6.45) is 0.566. The Kier molecular flexibility index (Phi) is 5.35. The second-order valence-electron chi connectivity index (χ2n) is 5.37. The Labute approximate surface area is 133 Å². The molecule has 1 aromatic carbocycles. The predicted octanol–water partition coefficient (Wildman–Crippen LogP) is 1.10. The number of ketones is 1. The molecule has 126 valence electrons. The molecule has 1 N–H and O–H groups in total. The summed E-state index contributed by atoms with van der Waals surface area (Å²) in [6, 6.07) is 3.10. The van der Waals surface area contributed by atoms with Gasteiger partial charge in [0.15, 0.2) is 22.2 Å². The Morgan fingerprint density at radius 2 is 2.13 bits per heavy atom. The molecule has 1 atom stereocenters. The maximum Gasteiger partial charge on any atom is 0.258 e. The van der Waals surface area contributed by atoms with E-state index in [2.05, 4.69) is 5.32 Å². The number of hydrogen-bond acceptors (Lipinski definition) is 5. The molecular formula is C15H18FNO5S. The zero-order valence-electron chi connectivity index (χ0n) is 12.7. The second kappa shape index (κ2) is 7.08. The number of sulfone groups is 1. The average Bonchev–Trinajstić information content (AvgIpc) is 2.83. The van der Waals surface area contributed by atoms with Gasteiger partial charge in [0.1, 0.15) is 11.6 Å². The average molecular weight is 343 g/mol. The van der Waals surface area contributed by atoms with E-state index in [0.717, 1.165) is 12.1 Å². The molecule has 1 heterocycles. The van der Waals surface area contributed by atoms with Crippen LogP contribution < -0.4 is 10.1 Å². The van der Waals surface area contributed by atoms with Crippen LogP contribution in [0.25, 0.3) is 0 Å². The highest BCUT2D eigenvalue weighted by molar-refractivity contribution is 7.91. The molecule has 1 amide bonds. The number of ether oxygens (including phenoxy) is 1. The summed E-state index contributed by atoms with van der Waals surface area (Å²) >= 11 is 0. The predicted molar refractivity (Wildman–Crippen MR) is 81.7 cm³/mol. The summed E-state index contributed by atoms with van der Waals surface area (Å²) in [5.74, 6) is -1.21. The van der Waals surface area contributed by atoms with Gasteiger partial charge in [-0.1, -0.05) is 6.92 Å². The molecule has 8 heteroatoms. The number of halogens is 1. The Morgan fingerprint density at radius 3 is 2.74 bits per heavy atom. The van der Waals surface area contributed by atoms with Gasteiger partial charge in [-0.15, -0.1) is 0 Å².